The summed E-state index contributed by atoms with van der Waals surface area (Å²) in [7, 11) is -0.142. The molecule has 176 valence electrons. The molecule has 0 spiro atoms. The molecule has 1 unspecified atom stereocenters. The van der Waals surface area contributed by atoms with Gasteiger partial charge in [0.05, 0.1) is 5.30 Å². The van der Waals surface area contributed by atoms with Crippen molar-refractivity contribution in [2.45, 2.75) is 93.0 Å². The van der Waals surface area contributed by atoms with Crippen molar-refractivity contribution >= 4 is 19.4 Å². The molecular weight excluding hydrogens is 426 g/mol. The van der Waals surface area contributed by atoms with E-state index in [0.717, 1.165) is 22.0 Å². The Balaban J connectivity index is 0.00000544. The second kappa shape index (κ2) is 10.9. The molecule has 0 aliphatic heterocycles. The van der Waals surface area contributed by atoms with Gasteiger partial charge in [-0.05, 0) is 95.9 Å². The molecule has 2 rings (SSSR count). The average Bonchev–Trinajstić information content (AvgIpc) is 2.53. The summed E-state index contributed by atoms with van der Waals surface area (Å²) in [5.74, 6) is 1.90. The summed E-state index contributed by atoms with van der Waals surface area (Å²) in [5, 5.41) is 0.767. The van der Waals surface area contributed by atoms with Crippen LogP contribution < -0.4 is 38.4 Å². The number of rotatable bonds is 6. The van der Waals surface area contributed by atoms with E-state index in [-0.39, 0.29) is 38.6 Å². The van der Waals surface area contributed by atoms with Crippen molar-refractivity contribution in [2.75, 3.05) is 0 Å². The number of hydrogen-bond donors (Lipinski definition) is 0. The molecule has 2 aromatic rings. The van der Waals surface area contributed by atoms with E-state index in [0.29, 0.717) is 17.2 Å². The molecule has 33 heavy (non-hydrogen) atoms. The molecule has 0 aliphatic rings. The third-order valence-corrected chi connectivity index (χ3v) is 5.46. The van der Waals surface area contributed by atoms with Gasteiger partial charge >= 0.3 is 18.9 Å². The van der Waals surface area contributed by atoms with Crippen molar-refractivity contribution in [3.05, 3.63) is 47.0 Å². The number of carbonyl (C=O) groups is 1. The van der Waals surface area contributed by atoms with E-state index in [1.165, 1.54) is 0 Å². The summed E-state index contributed by atoms with van der Waals surface area (Å²) >= 11 is 0. The Morgan fingerprint density at radius 2 is 1.12 bits per heavy atom. The molecule has 0 aromatic heterocycles. The molecule has 0 saturated carbocycles. The molecule has 0 amide bonds. The number of hydrogen-bond acceptors (Lipinski definition) is 4. The molecule has 0 bridgehead atoms. The van der Waals surface area contributed by atoms with Crippen LogP contribution >= 0.6 is 8.58 Å². The van der Waals surface area contributed by atoms with Gasteiger partial charge in [-0.1, -0.05) is 18.2 Å². The number of aryl methyl sites for hydroxylation is 2. The van der Waals surface area contributed by atoms with Crippen LogP contribution in [-0.4, -0.2) is 22.3 Å². The second-order valence-electron chi connectivity index (χ2n) is 11.2. The molecule has 4 nitrogen and oxygen atoms in total. The van der Waals surface area contributed by atoms with Gasteiger partial charge in [0.25, 0.3) is 0 Å². The Kier molecular flexibility index (Phi) is 9.73. The quantitative estimate of drug-likeness (QED) is 0.478. The van der Waals surface area contributed by atoms with E-state index in [4.69, 9.17) is 14.2 Å². The third-order valence-electron chi connectivity index (χ3n) is 4.24. The van der Waals surface area contributed by atoms with E-state index >= 15 is 0 Å². The van der Waals surface area contributed by atoms with Crippen LogP contribution in [0.4, 0.5) is 0 Å². The van der Waals surface area contributed by atoms with E-state index in [9.17, 15) is 4.79 Å². The molecule has 0 fully saturated rings. The normalized spacial score (nSPS) is 12.5. The van der Waals surface area contributed by atoms with Gasteiger partial charge in [0, 0.05) is 17.7 Å². The molecule has 0 radical (unpaired) electrons. The smallest absolute Gasteiger partial charge is 0.488 e. The Hall–Kier alpha value is -1.46. The third kappa shape index (κ3) is 9.36. The zero-order chi connectivity index (χ0) is 24.5. The molecule has 1 atom stereocenters. The van der Waals surface area contributed by atoms with E-state index in [1.807, 2.05) is 106 Å². The largest absolute Gasteiger partial charge is 1.00 e. The maximum absolute atomic E-state index is 13.5. The van der Waals surface area contributed by atoms with Gasteiger partial charge in [0.1, 0.15) is 34.1 Å². The topological polar surface area (TPSA) is 44.8 Å². The molecule has 0 saturated heterocycles. The summed E-state index contributed by atoms with van der Waals surface area (Å²) in [6.45, 7) is 21.9. The van der Waals surface area contributed by atoms with Crippen LogP contribution in [0.1, 0.15) is 83.8 Å². The first-order valence-corrected chi connectivity index (χ1v) is 12.1. The maximum Gasteiger partial charge on any atom is 1.00 e. The first kappa shape index (κ1) is 29.6. The zero-order valence-electron chi connectivity index (χ0n) is 22.5. The predicted octanol–water partition coefficient (Wildman–Crippen LogP) is 3.98. The Labute approximate surface area is 214 Å². The van der Waals surface area contributed by atoms with Gasteiger partial charge in [-0.3, -0.25) is 4.79 Å². The predicted molar refractivity (Wildman–Crippen MR) is 136 cm³/mol. The average molecular weight is 466 g/mol. The maximum atomic E-state index is 13.5. The van der Waals surface area contributed by atoms with Crippen molar-refractivity contribution in [1.29, 1.82) is 0 Å². The van der Waals surface area contributed by atoms with Crippen LogP contribution in [0.5, 0.6) is 17.2 Å². The standard InChI is InChI=1S/C27H39O4P.Li/c1-17-13-12-14-18(2)22(17)24(28)32-23-20(30-26(6,7)8)15-19(29-25(3,4)5)16-21(23)31-27(9,10)11;/h12-16,32H,1-11H3;/q;+1. The van der Waals surface area contributed by atoms with Crippen LogP contribution in [0.3, 0.4) is 0 Å². The summed E-state index contributed by atoms with van der Waals surface area (Å²) in [5.41, 5.74) is 1.53. The van der Waals surface area contributed by atoms with Crippen molar-refractivity contribution < 1.29 is 37.9 Å². The molecule has 0 N–H and O–H groups in total. The first-order chi connectivity index (χ1) is 14.5. The fourth-order valence-corrected chi connectivity index (χ4v) is 4.51. The van der Waals surface area contributed by atoms with Crippen molar-refractivity contribution in [2.24, 2.45) is 0 Å². The summed E-state index contributed by atoms with van der Waals surface area (Å²) in [6.07, 6.45) is 0. The molecular formula is C27H39LiO4P+. The zero-order valence-corrected chi connectivity index (χ0v) is 23.5. The Bertz CT molecular complexity index is 922. The molecule has 0 heterocycles. The Morgan fingerprint density at radius 3 is 1.48 bits per heavy atom. The van der Waals surface area contributed by atoms with Crippen molar-refractivity contribution in [1.82, 2.24) is 0 Å². The number of ether oxygens (including phenoxy) is 3. The van der Waals surface area contributed by atoms with Crippen LogP contribution in [0.25, 0.3) is 0 Å². The van der Waals surface area contributed by atoms with Gasteiger partial charge in [0.2, 0.25) is 0 Å². The van der Waals surface area contributed by atoms with Crippen LogP contribution in [0.15, 0.2) is 30.3 Å². The molecule has 0 aliphatic carbocycles. The van der Waals surface area contributed by atoms with Crippen molar-refractivity contribution in [3.8, 4) is 17.2 Å². The fourth-order valence-electron chi connectivity index (χ4n) is 3.27. The van der Waals surface area contributed by atoms with Gasteiger partial charge < -0.3 is 14.2 Å². The molecule has 6 heteroatoms. The first-order valence-electron chi connectivity index (χ1n) is 11.1. The van der Waals surface area contributed by atoms with Gasteiger partial charge in [0.15, 0.2) is 5.52 Å². The minimum absolute atomic E-state index is 0. The molecule has 2 aromatic carbocycles. The number of carbonyl (C=O) groups excluding carboxylic acids is 1. The monoisotopic (exact) mass is 465 g/mol. The number of benzene rings is 2. The Morgan fingerprint density at radius 1 is 0.727 bits per heavy atom. The summed E-state index contributed by atoms with van der Waals surface area (Å²) in [6, 6.07) is 9.69. The van der Waals surface area contributed by atoms with E-state index in [2.05, 4.69) is 0 Å². The van der Waals surface area contributed by atoms with Gasteiger partial charge in [-0.15, -0.1) is 0 Å². The van der Waals surface area contributed by atoms with Crippen LogP contribution in [0.2, 0.25) is 0 Å². The SMILES string of the molecule is Cc1cccc(C)c1C(=O)Pc1c(OC(C)(C)C)cc(OC(C)(C)C)cc1OC(C)(C)C.[Li+]. The minimum Gasteiger partial charge on any atom is -0.488 e. The van der Waals surface area contributed by atoms with Gasteiger partial charge in [-0.25, -0.2) is 0 Å². The van der Waals surface area contributed by atoms with E-state index in [1.54, 1.807) is 0 Å². The fraction of sp³-hybridized carbons (Fsp3) is 0.519. The second-order valence-corrected chi connectivity index (χ2v) is 12.4. The van der Waals surface area contributed by atoms with Crippen LogP contribution in [-0.2, 0) is 0 Å². The minimum atomic E-state index is -0.444. The van der Waals surface area contributed by atoms with E-state index < -0.39 is 11.2 Å². The van der Waals surface area contributed by atoms with Crippen LogP contribution in [0, 0.1) is 13.8 Å². The van der Waals surface area contributed by atoms with Crippen molar-refractivity contribution in [3.63, 3.8) is 0 Å². The summed E-state index contributed by atoms with van der Waals surface area (Å²) in [4.78, 5) is 13.5. The van der Waals surface area contributed by atoms with Gasteiger partial charge in [-0.2, -0.15) is 0 Å². The summed E-state index contributed by atoms with van der Waals surface area (Å²) < 4.78 is 18.8.